The Morgan fingerprint density at radius 1 is 1.13 bits per heavy atom. The van der Waals surface area contributed by atoms with E-state index in [2.05, 4.69) is 4.72 Å². The first kappa shape index (κ1) is 16.8. The quantitative estimate of drug-likeness (QED) is 0.877. The highest BCUT2D eigenvalue weighted by Gasteiger charge is 2.20. The summed E-state index contributed by atoms with van der Waals surface area (Å²) in [5, 5.41) is 9.23. The monoisotopic (exact) mass is 334 g/mol. The fourth-order valence-corrected chi connectivity index (χ4v) is 3.29. The molecule has 2 aromatic carbocycles. The molecule has 0 fully saturated rings. The molecule has 0 saturated carbocycles. The number of nitrogens with one attached hydrogen (secondary N) is 1. The van der Waals surface area contributed by atoms with Crippen LogP contribution in [0, 0.1) is 6.92 Å². The van der Waals surface area contributed by atoms with Crippen LogP contribution in [0.1, 0.15) is 15.9 Å². The van der Waals surface area contributed by atoms with Crippen LogP contribution in [0.15, 0.2) is 47.4 Å². The van der Waals surface area contributed by atoms with Crippen molar-refractivity contribution < 1.29 is 18.3 Å². The first-order valence-corrected chi connectivity index (χ1v) is 8.34. The Morgan fingerprint density at radius 3 is 2.39 bits per heavy atom. The summed E-state index contributed by atoms with van der Waals surface area (Å²) in [7, 11) is -0.271. The summed E-state index contributed by atoms with van der Waals surface area (Å²) in [6, 6.07) is 11.0. The van der Waals surface area contributed by atoms with Crippen molar-refractivity contribution in [3.05, 3.63) is 53.6 Å². The molecule has 0 aliphatic carbocycles. The molecule has 2 rings (SSSR count). The molecule has 0 aliphatic heterocycles. The summed E-state index contributed by atoms with van der Waals surface area (Å²) in [4.78, 5) is 13.2. The lowest BCUT2D eigenvalue weighted by atomic mass is 10.1. The molecule has 0 aromatic heterocycles. The van der Waals surface area contributed by atoms with Crippen LogP contribution < -0.4 is 9.62 Å². The van der Waals surface area contributed by atoms with E-state index in [1.807, 2.05) is 14.1 Å². The Hall–Kier alpha value is -2.54. The summed E-state index contributed by atoms with van der Waals surface area (Å²) < 4.78 is 27.6. The average Bonchev–Trinajstić information content (AvgIpc) is 2.49. The minimum atomic E-state index is -3.89. The number of carboxylic acids is 1. The Balaban J connectivity index is 2.48. The highest BCUT2D eigenvalue weighted by molar-refractivity contribution is 7.92. The Kier molecular flexibility index (Phi) is 4.60. The molecule has 0 radical (unpaired) electrons. The van der Waals surface area contributed by atoms with Gasteiger partial charge in [0, 0.05) is 19.8 Å². The summed E-state index contributed by atoms with van der Waals surface area (Å²) in [6.45, 7) is 1.65. The number of aromatic carboxylic acids is 1. The van der Waals surface area contributed by atoms with E-state index < -0.39 is 16.0 Å². The molecular weight excluding hydrogens is 316 g/mol. The van der Waals surface area contributed by atoms with E-state index in [9.17, 15) is 18.3 Å². The van der Waals surface area contributed by atoms with Crippen molar-refractivity contribution in [1.29, 1.82) is 0 Å². The summed E-state index contributed by atoms with van der Waals surface area (Å²) in [5.41, 5.74) is 1.26. The smallest absolute Gasteiger partial charge is 0.337 e. The van der Waals surface area contributed by atoms with Gasteiger partial charge in [0.25, 0.3) is 10.0 Å². The van der Waals surface area contributed by atoms with Gasteiger partial charge in [-0.3, -0.25) is 4.72 Å². The molecule has 0 atom stereocenters. The van der Waals surface area contributed by atoms with Gasteiger partial charge in [-0.25, -0.2) is 13.2 Å². The topological polar surface area (TPSA) is 86.7 Å². The Labute approximate surface area is 135 Å². The van der Waals surface area contributed by atoms with Gasteiger partial charge < -0.3 is 10.0 Å². The van der Waals surface area contributed by atoms with Gasteiger partial charge in [-0.15, -0.1) is 0 Å². The van der Waals surface area contributed by atoms with Gasteiger partial charge in [-0.05, 0) is 36.8 Å². The lowest BCUT2D eigenvalue weighted by Crippen LogP contribution is -2.17. The molecule has 122 valence electrons. The fourth-order valence-electron chi connectivity index (χ4n) is 2.10. The van der Waals surface area contributed by atoms with Gasteiger partial charge in [-0.2, -0.15) is 0 Å². The molecule has 23 heavy (non-hydrogen) atoms. The third-order valence-corrected chi connectivity index (χ3v) is 4.73. The minimum Gasteiger partial charge on any atom is -0.478 e. The number of carboxylic acid groups (broad SMARTS) is 1. The standard InChI is InChI=1S/C16H18N2O4S/c1-11-6-4-9-14(16(19)20)15(11)17-23(21,22)13-8-5-7-12(10-13)18(2)3/h4-10,17H,1-3H3,(H,19,20). The van der Waals surface area contributed by atoms with Crippen LogP contribution in [0.2, 0.25) is 0 Å². The first-order valence-electron chi connectivity index (χ1n) is 6.85. The maximum atomic E-state index is 12.6. The number of para-hydroxylation sites is 1. The van der Waals surface area contributed by atoms with E-state index in [1.54, 1.807) is 36.1 Å². The molecule has 2 aromatic rings. The normalized spacial score (nSPS) is 11.1. The number of anilines is 2. The number of nitrogens with zero attached hydrogens (tertiary/aromatic N) is 1. The van der Waals surface area contributed by atoms with Crippen molar-refractivity contribution in [3.63, 3.8) is 0 Å². The Bertz CT molecular complexity index is 845. The molecular formula is C16H18N2O4S. The second-order valence-electron chi connectivity index (χ2n) is 5.30. The first-order chi connectivity index (χ1) is 10.7. The molecule has 7 heteroatoms. The summed E-state index contributed by atoms with van der Waals surface area (Å²) in [5.74, 6) is -1.19. The average molecular weight is 334 g/mol. The van der Waals surface area contributed by atoms with Crippen LogP contribution in [-0.2, 0) is 10.0 Å². The maximum absolute atomic E-state index is 12.6. The van der Waals surface area contributed by atoms with Crippen molar-refractivity contribution >= 4 is 27.4 Å². The third-order valence-electron chi connectivity index (χ3n) is 3.38. The number of carbonyl (C=O) groups is 1. The number of hydrogen-bond acceptors (Lipinski definition) is 4. The van der Waals surface area contributed by atoms with Crippen LogP contribution in [0.4, 0.5) is 11.4 Å². The molecule has 0 bridgehead atoms. The molecule has 2 N–H and O–H groups in total. The van der Waals surface area contributed by atoms with Gasteiger partial charge in [0.05, 0.1) is 16.1 Å². The van der Waals surface area contributed by atoms with Crippen LogP contribution in [0.5, 0.6) is 0 Å². The number of sulfonamides is 1. The number of rotatable bonds is 5. The predicted octanol–water partition coefficient (Wildman–Crippen LogP) is 2.56. The number of aryl methyl sites for hydroxylation is 1. The summed E-state index contributed by atoms with van der Waals surface area (Å²) >= 11 is 0. The molecule has 6 nitrogen and oxygen atoms in total. The molecule has 0 spiro atoms. The lowest BCUT2D eigenvalue weighted by Gasteiger charge is -2.16. The zero-order valence-electron chi connectivity index (χ0n) is 13.1. The predicted molar refractivity (Wildman–Crippen MR) is 89.7 cm³/mol. The van der Waals surface area contributed by atoms with Crippen molar-refractivity contribution in [3.8, 4) is 0 Å². The molecule has 0 saturated heterocycles. The van der Waals surface area contributed by atoms with Crippen LogP contribution >= 0.6 is 0 Å². The van der Waals surface area contributed by atoms with Crippen molar-refractivity contribution in [1.82, 2.24) is 0 Å². The van der Waals surface area contributed by atoms with Crippen molar-refractivity contribution in [2.75, 3.05) is 23.7 Å². The molecule has 0 heterocycles. The highest BCUT2D eigenvalue weighted by atomic mass is 32.2. The van der Waals surface area contributed by atoms with Crippen LogP contribution in [0.25, 0.3) is 0 Å². The van der Waals surface area contributed by atoms with E-state index in [0.717, 1.165) is 5.69 Å². The molecule has 0 aliphatic rings. The van der Waals surface area contributed by atoms with E-state index in [1.165, 1.54) is 18.2 Å². The van der Waals surface area contributed by atoms with Gasteiger partial charge in [0.15, 0.2) is 0 Å². The minimum absolute atomic E-state index is 0.0725. The van der Waals surface area contributed by atoms with Gasteiger partial charge in [0.1, 0.15) is 0 Å². The zero-order chi connectivity index (χ0) is 17.2. The third kappa shape index (κ3) is 3.62. The van der Waals surface area contributed by atoms with Crippen molar-refractivity contribution in [2.45, 2.75) is 11.8 Å². The zero-order valence-corrected chi connectivity index (χ0v) is 13.9. The Morgan fingerprint density at radius 2 is 1.78 bits per heavy atom. The van der Waals surface area contributed by atoms with E-state index in [0.29, 0.717) is 5.56 Å². The summed E-state index contributed by atoms with van der Waals surface area (Å²) in [6.07, 6.45) is 0. The largest absolute Gasteiger partial charge is 0.478 e. The SMILES string of the molecule is Cc1cccc(C(=O)O)c1NS(=O)(=O)c1cccc(N(C)C)c1. The molecule has 0 amide bonds. The van der Waals surface area contributed by atoms with E-state index >= 15 is 0 Å². The highest BCUT2D eigenvalue weighted by Crippen LogP contribution is 2.25. The van der Waals surface area contributed by atoms with E-state index in [4.69, 9.17) is 0 Å². The fraction of sp³-hybridized carbons (Fsp3) is 0.188. The maximum Gasteiger partial charge on any atom is 0.337 e. The van der Waals surface area contributed by atoms with Gasteiger partial charge in [-0.1, -0.05) is 18.2 Å². The second kappa shape index (κ2) is 6.29. The van der Waals surface area contributed by atoms with Gasteiger partial charge in [0.2, 0.25) is 0 Å². The lowest BCUT2D eigenvalue weighted by molar-refractivity contribution is 0.0698. The van der Waals surface area contributed by atoms with Crippen molar-refractivity contribution in [2.24, 2.45) is 0 Å². The van der Waals surface area contributed by atoms with E-state index in [-0.39, 0.29) is 16.1 Å². The second-order valence-corrected chi connectivity index (χ2v) is 6.98. The molecule has 0 unspecified atom stereocenters. The number of hydrogen-bond donors (Lipinski definition) is 2. The van der Waals surface area contributed by atoms with Gasteiger partial charge >= 0.3 is 5.97 Å². The number of benzene rings is 2. The van der Waals surface area contributed by atoms with Crippen LogP contribution in [-0.4, -0.2) is 33.6 Å². The van der Waals surface area contributed by atoms with Crippen LogP contribution in [0.3, 0.4) is 0 Å².